The van der Waals surface area contributed by atoms with E-state index in [4.69, 9.17) is 21.1 Å². The molecule has 1 unspecified atom stereocenters. The molecule has 3 rings (SSSR count). The van der Waals surface area contributed by atoms with E-state index in [0.717, 1.165) is 11.1 Å². The summed E-state index contributed by atoms with van der Waals surface area (Å²) >= 11 is 5.98. The summed E-state index contributed by atoms with van der Waals surface area (Å²) in [5.41, 5.74) is 2.21. The number of ether oxygens (including phenoxy) is 2. The van der Waals surface area contributed by atoms with Gasteiger partial charge in [-0.2, -0.15) is 0 Å². The Hall–Kier alpha value is -2.63. The topological polar surface area (TPSA) is 55.8 Å². The molecule has 2 aromatic carbocycles. The Balaban J connectivity index is 1.84. The van der Waals surface area contributed by atoms with Crippen molar-refractivity contribution in [2.45, 2.75) is 18.9 Å². The average molecular weight is 400 g/mol. The Morgan fingerprint density at radius 1 is 1.14 bits per heavy atom. The van der Waals surface area contributed by atoms with Crippen LogP contribution in [0.25, 0.3) is 0 Å². The summed E-state index contributed by atoms with van der Waals surface area (Å²) in [6.07, 6.45) is 1.79. The van der Waals surface area contributed by atoms with Crippen LogP contribution < -0.4 is 0 Å². The highest BCUT2D eigenvalue weighted by molar-refractivity contribution is 6.30. The van der Waals surface area contributed by atoms with Crippen LogP contribution in [0.5, 0.6) is 0 Å². The molecule has 28 heavy (non-hydrogen) atoms. The van der Waals surface area contributed by atoms with E-state index in [1.807, 2.05) is 42.5 Å². The first-order chi connectivity index (χ1) is 13.6. The van der Waals surface area contributed by atoms with Gasteiger partial charge in [0, 0.05) is 37.2 Å². The van der Waals surface area contributed by atoms with Gasteiger partial charge in [-0.3, -0.25) is 4.79 Å². The third kappa shape index (κ3) is 5.00. The second kappa shape index (κ2) is 9.53. The number of halogens is 1. The van der Waals surface area contributed by atoms with Gasteiger partial charge >= 0.3 is 5.97 Å². The lowest BCUT2D eigenvalue weighted by Gasteiger charge is -2.30. The maximum absolute atomic E-state index is 12.9. The third-order valence-electron chi connectivity index (χ3n) is 4.63. The van der Waals surface area contributed by atoms with Gasteiger partial charge in [-0.1, -0.05) is 54.1 Å². The van der Waals surface area contributed by atoms with Gasteiger partial charge in [-0.25, -0.2) is 4.79 Å². The molecule has 0 fully saturated rings. The van der Waals surface area contributed by atoms with Gasteiger partial charge in [-0.15, -0.1) is 0 Å². The van der Waals surface area contributed by atoms with Crippen LogP contribution in [-0.4, -0.2) is 37.0 Å². The minimum atomic E-state index is -0.432. The van der Waals surface area contributed by atoms with Crippen molar-refractivity contribution < 1.29 is 19.1 Å². The maximum Gasteiger partial charge on any atom is 0.336 e. The first-order valence-electron chi connectivity index (χ1n) is 9.05. The molecule has 1 aliphatic rings. The number of benzene rings is 2. The fraction of sp³-hybridized carbons (Fsp3) is 0.273. The molecule has 0 spiro atoms. The van der Waals surface area contributed by atoms with Crippen LogP contribution in [0.4, 0.5) is 0 Å². The highest BCUT2D eigenvalue weighted by Gasteiger charge is 2.33. The summed E-state index contributed by atoms with van der Waals surface area (Å²) < 4.78 is 10.6. The quantitative estimate of drug-likeness (QED) is 0.662. The van der Waals surface area contributed by atoms with Crippen molar-refractivity contribution in [3.05, 3.63) is 82.5 Å². The second-order valence-corrected chi connectivity index (χ2v) is 6.97. The van der Waals surface area contributed by atoms with Crippen LogP contribution in [0.1, 0.15) is 23.5 Å². The Bertz CT molecular complexity index is 849. The Labute approximate surface area is 169 Å². The largest absolute Gasteiger partial charge is 0.457 e. The molecule has 1 atom stereocenters. The lowest BCUT2D eigenvalue weighted by Crippen LogP contribution is -2.36. The zero-order valence-corrected chi connectivity index (χ0v) is 16.4. The normalized spacial score (nSPS) is 16.6. The first-order valence-corrected chi connectivity index (χ1v) is 9.43. The van der Waals surface area contributed by atoms with Crippen LogP contribution in [0.15, 0.2) is 66.4 Å². The molecule has 0 saturated heterocycles. The van der Waals surface area contributed by atoms with Crippen LogP contribution in [0.2, 0.25) is 5.02 Å². The zero-order chi connectivity index (χ0) is 19.9. The fourth-order valence-electron chi connectivity index (χ4n) is 3.10. The number of methoxy groups -OCH3 is 1. The molecule has 1 heterocycles. The monoisotopic (exact) mass is 399 g/mol. The lowest BCUT2D eigenvalue weighted by molar-refractivity contribution is -0.141. The van der Waals surface area contributed by atoms with Crippen LogP contribution in [-0.2, 0) is 25.7 Å². The highest BCUT2D eigenvalue weighted by Crippen LogP contribution is 2.34. The molecule has 6 heteroatoms. The third-order valence-corrected chi connectivity index (χ3v) is 4.88. The Morgan fingerprint density at radius 3 is 2.54 bits per heavy atom. The molecule has 0 bridgehead atoms. The van der Waals surface area contributed by atoms with E-state index in [1.165, 1.54) is 4.90 Å². The van der Waals surface area contributed by atoms with Crippen molar-refractivity contribution in [1.82, 2.24) is 4.90 Å². The molecule has 1 amide bonds. The summed E-state index contributed by atoms with van der Waals surface area (Å²) in [5.74, 6) is -0.859. The van der Waals surface area contributed by atoms with E-state index in [-0.39, 0.29) is 24.9 Å². The summed E-state index contributed by atoms with van der Waals surface area (Å²) in [6.45, 7) is 0.953. The molecule has 0 aromatic heterocycles. The van der Waals surface area contributed by atoms with Gasteiger partial charge < -0.3 is 14.4 Å². The minimum absolute atomic E-state index is 0.0587. The number of carbonyl (C=O) groups is 2. The Morgan fingerprint density at radius 2 is 1.86 bits per heavy atom. The maximum atomic E-state index is 12.9. The van der Waals surface area contributed by atoms with Crippen LogP contribution >= 0.6 is 11.6 Å². The SMILES string of the molecule is COCCN1C=C(C(=O)OCc2ccccc2)C(c2ccc(Cl)cc2)CC1=O. The summed E-state index contributed by atoms with van der Waals surface area (Å²) in [7, 11) is 1.57. The van der Waals surface area contributed by atoms with Crippen LogP contribution in [0.3, 0.4) is 0 Å². The number of amides is 1. The molecule has 2 aromatic rings. The number of hydrogen-bond donors (Lipinski definition) is 0. The average Bonchev–Trinajstić information content (AvgIpc) is 2.72. The van der Waals surface area contributed by atoms with Crippen LogP contribution in [0, 0.1) is 0 Å². The Kier molecular flexibility index (Phi) is 6.85. The smallest absolute Gasteiger partial charge is 0.336 e. The van der Waals surface area contributed by atoms with Crippen molar-refractivity contribution in [2.75, 3.05) is 20.3 Å². The summed E-state index contributed by atoms with van der Waals surface area (Å²) in [4.78, 5) is 26.9. The summed E-state index contributed by atoms with van der Waals surface area (Å²) in [6, 6.07) is 16.7. The minimum Gasteiger partial charge on any atom is -0.457 e. The van der Waals surface area contributed by atoms with E-state index in [9.17, 15) is 9.59 Å². The predicted molar refractivity (Wildman–Crippen MR) is 107 cm³/mol. The van der Waals surface area contributed by atoms with Gasteiger partial charge in [-0.05, 0) is 23.3 Å². The molecule has 146 valence electrons. The predicted octanol–water partition coefficient (Wildman–Crippen LogP) is 3.93. The molecule has 0 radical (unpaired) electrons. The zero-order valence-electron chi connectivity index (χ0n) is 15.6. The van der Waals surface area contributed by atoms with Gasteiger partial charge in [0.2, 0.25) is 5.91 Å². The second-order valence-electron chi connectivity index (χ2n) is 6.53. The van der Waals surface area contributed by atoms with Gasteiger partial charge in [0.1, 0.15) is 6.61 Å². The van der Waals surface area contributed by atoms with E-state index in [1.54, 1.807) is 25.4 Å². The van der Waals surface area contributed by atoms with E-state index < -0.39 is 5.97 Å². The number of hydrogen-bond acceptors (Lipinski definition) is 4. The fourth-order valence-corrected chi connectivity index (χ4v) is 3.23. The van der Waals surface area contributed by atoms with E-state index in [0.29, 0.717) is 23.7 Å². The van der Waals surface area contributed by atoms with E-state index in [2.05, 4.69) is 0 Å². The standard InChI is InChI=1S/C22H22ClNO4/c1-27-12-11-24-14-20(22(26)28-15-16-5-3-2-4-6-16)19(13-21(24)25)17-7-9-18(23)10-8-17/h2-10,14,19H,11-13,15H2,1H3. The summed E-state index contributed by atoms with van der Waals surface area (Å²) in [5, 5.41) is 0.602. The van der Waals surface area contributed by atoms with Gasteiger partial charge in [0.15, 0.2) is 0 Å². The van der Waals surface area contributed by atoms with Crippen molar-refractivity contribution >= 4 is 23.5 Å². The lowest BCUT2D eigenvalue weighted by atomic mass is 9.86. The van der Waals surface area contributed by atoms with Crippen molar-refractivity contribution in [2.24, 2.45) is 0 Å². The molecular weight excluding hydrogens is 378 g/mol. The first kappa shape index (κ1) is 20.1. The van der Waals surface area contributed by atoms with Crippen molar-refractivity contribution in [3.8, 4) is 0 Å². The van der Waals surface area contributed by atoms with Gasteiger partial charge in [0.25, 0.3) is 0 Å². The number of rotatable bonds is 7. The van der Waals surface area contributed by atoms with Crippen molar-refractivity contribution in [3.63, 3.8) is 0 Å². The molecule has 1 aliphatic heterocycles. The molecule has 0 aliphatic carbocycles. The molecular formula is C22H22ClNO4. The molecule has 0 saturated carbocycles. The number of esters is 1. The van der Waals surface area contributed by atoms with Gasteiger partial charge in [0.05, 0.1) is 12.2 Å². The van der Waals surface area contributed by atoms with Crippen molar-refractivity contribution in [1.29, 1.82) is 0 Å². The highest BCUT2D eigenvalue weighted by atomic mass is 35.5. The molecule has 0 N–H and O–H groups in total. The number of carbonyl (C=O) groups excluding carboxylic acids is 2. The van der Waals surface area contributed by atoms with E-state index >= 15 is 0 Å². The number of nitrogens with zero attached hydrogens (tertiary/aromatic N) is 1. The molecule has 5 nitrogen and oxygen atoms in total.